The summed E-state index contributed by atoms with van der Waals surface area (Å²) in [6.45, 7) is 3.01. The summed E-state index contributed by atoms with van der Waals surface area (Å²) >= 11 is 0. The van der Waals surface area contributed by atoms with Crippen molar-refractivity contribution in [2.24, 2.45) is 5.41 Å². The van der Waals surface area contributed by atoms with E-state index in [1.807, 2.05) is 0 Å². The van der Waals surface area contributed by atoms with Crippen molar-refractivity contribution in [1.82, 2.24) is 0 Å². The van der Waals surface area contributed by atoms with Crippen LogP contribution in [0.25, 0.3) is 0 Å². The summed E-state index contributed by atoms with van der Waals surface area (Å²) in [4.78, 5) is 0. The van der Waals surface area contributed by atoms with Gasteiger partial charge in [-0.15, -0.1) is 0 Å². The summed E-state index contributed by atoms with van der Waals surface area (Å²) in [6.07, 6.45) is 4.40. The molecule has 0 N–H and O–H groups in total. The molecule has 2 radical (unpaired) electrons. The fourth-order valence-corrected chi connectivity index (χ4v) is 2.44. The van der Waals surface area contributed by atoms with Crippen LogP contribution in [0.4, 0.5) is 0 Å². The molecule has 2 fully saturated rings. The third-order valence-electron chi connectivity index (χ3n) is 3.33. The lowest BCUT2D eigenvalue weighted by atomic mass is 9.82. The first kappa shape index (κ1) is 7.62. The van der Waals surface area contributed by atoms with Crippen LogP contribution >= 0.6 is 0 Å². The molecular weight excluding hydrogens is 139 g/mol. The molecule has 1 aliphatic carbocycles. The van der Waals surface area contributed by atoms with Crippen molar-refractivity contribution in [1.29, 1.82) is 0 Å². The van der Waals surface area contributed by atoms with Crippen molar-refractivity contribution >= 4 is 8.05 Å². The van der Waals surface area contributed by atoms with Gasteiger partial charge in [-0.25, -0.2) is 0 Å². The third kappa shape index (κ3) is 0.813. The maximum Gasteiger partial charge on any atom is 0.286 e. The summed E-state index contributed by atoms with van der Waals surface area (Å²) in [6, 6.07) is 0. The van der Waals surface area contributed by atoms with E-state index in [-0.39, 0.29) is 5.41 Å². The monoisotopic (exact) mass is 152 g/mol. The highest BCUT2D eigenvalue weighted by Gasteiger charge is 2.56. The molecule has 0 aromatic heterocycles. The van der Waals surface area contributed by atoms with E-state index in [0.29, 0.717) is 0 Å². The summed E-state index contributed by atoms with van der Waals surface area (Å²) in [5, 5.41) is 0. The molecule has 1 saturated carbocycles. The van der Waals surface area contributed by atoms with Crippen molar-refractivity contribution in [2.45, 2.75) is 38.4 Å². The van der Waals surface area contributed by atoms with Gasteiger partial charge in [0.15, 0.2) is 5.79 Å². The first-order chi connectivity index (χ1) is 5.22. The highest BCUT2D eigenvalue weighted by atomic mass is 16.7. The number of fused-ring (bicyclic) bond motifs is 1. The van der Waals surface area contributed by atoms with E-state index in [0.717, 1.165) is 19.4 Å². The van der Waals surface area contributed by atoms with E-state index in [9.17, 15) is 0 Å². The highest BCUT2D eigenvalue weighted by molar-refractivity contribution is 5.98. The zero-order chi connectivity index (χ0) is 7.95. The van der Waals surface area contributed by atoms with E-state index < -0.39 is 5.79 Å². The molecule has 0 spiro atoms. The number of hydrogen-bond acceptors (Lipinski definition) is 2. The average Bonchev–Trinajstić information content (AvgIpc) is 2.41. The number of hydrogen-bond donors (Lipinski definition) is 0. The zero-order valence-corrected chi connectivity index (χ0v) is 6.93. The Hall–Kier alpha value is -0.0151. The fraction of sp³-hybridized carbons (Fsp3) is 1.00. The molecule has 2 nitrogen and oxygen atoms in total. The second kappa shape index (κ2) is 2.24. The van der Waals surface area contributed by atoms with E-state index in [4.69, 9.17) is 17.4 Å². The maximum absolute atomic E-state index is 5.57. The lowest BCUT2D eigenvalue weighted by Gasteiger charge is -2.35. The summed E-state index contributed by atoms with van der Waals surface area (Å²) in [5.74, 6) is -0.437. The van der Waals surface area contributed by atoms with Crippen LogP contribution in [0.5, 0.6) is 0 Å². The van der Waals surface area contributed by atoms with E-state index >= 15 is 0 Å². The predicted molar refractivity (Wildman–Crippen MR) is 42.1 cm³/mol. The van der Waals surface area contributed by atoms with Crippen LogP contribution in [0.2, 0.25) is 0 Å². The number of rotatable bonds is 1. The van der Waals surface area contributed by atoms with Gasteiger partial charge in [-0.3, -0.25) is 0 Å². The van der Waals surface area contributed by atoms with Gasteiger partial charge in [0, 0.05) is 11.8 Å². The van der Waals surface area contributed by atoms with Crippen LogP contribution in [0.3, 0.4) is 0 Å². The molecule has 0 aromatic rings. The van der Waals surface area contributed by atoms with Crippen LogP contribution in [-0.4, -0.2) is 20.4 Å². The molecule has 1 saturated heterocycles. The van der Waals surface area contributed by atoms with Crippen LogP contribution in [-0.2, 0) is 9.39 Å². The van der Waals surface area contributed by atoms with Crippen molar-refractivity contribution in [3.8, 4) is 0 Å². The Balaban J connectivity index is 2.28. The van der Waals surface area contributed by atoms with Crippen LogP contribution < -0.4 is 0 Å². The van der Waals surface area contributed by atoms with E-state index in [2.05, 4.69) is 6.92 Å². The van der Waals surface area contributed by atoms with Crippen molar-refractivity contribution in [2.75, 3.05) is 6.61 Å². The third-order valence-corrected chi connectivity index (χ3v) is 3.33. The summed E-state index contributed by atoms with van der Waals surface area (Å²) < 4.78 is 10.6. The minimum Gasteiger partial charge on any atom is -0.422 e. The first-order valence-electron chi connectivity index (χ1n) is 4.24. The van der Waals surface area contributed by atoms with Crippen LogP contribution in [0, 0.1) is 5.41 Å². The molecule has 3 heteroatoms. The topological polar surface area (TPSA) is 18.5 Å². The first-order valence-corrected chi connectivity index (χ1v) is 4.24. The molecule has 0 aromatic carbocycles. The Kier molecular flexibility index (Phi) is 1.55. The second-order valence-electron chi connectivity index (χ2n) is 3.88. The van der Waals surface area contributed by atoms with Gasteiger partial charge in [0.2, 0.25) is 0 Å². The molecule has 0 amide bonds. The van der Waals surface area contributed by atoms with Gasteiger partial charge in [0.25, 0.3) is 8.05 Å². The summed E-state index contributed by atoms with van der Waals surface area (Å²) in [5.41, 5.74) is 0.182. The molecule has 2 atom stereocenters. The Morgan fingerprint density at radius 1 is 1.36 bits per heavy atom. The minimum absolute atomic E-state index is 0.182. The Morgan fingerprint density at radius 2 is 2.18 bits per heavy atom. The van der Waals surface area contributed by atoms with Crippen LogP contribution in [0.15, 0.2) is 0 Å². The van der Waals surface area contributed by atoms with Crippen LogP contribution in [0.1, 0.15) is 32.6 Å². The van der Waals surface area contributed by atoms with Gasteiger partial charge >= 0.3 is 0 Å². The lowest BCUT2D eigenvalue weighted by molar-refractivity contribution is -0.184. The quantitative estimate of drug-likeness (QED) is 0.528. The van der Waals surface area contributed by atoms with Crippen molar-refractivity contribution < 1.29 is 9.39 Å². The molecule has 1 heterocycles. The number of ether oxygens (including phenoxy) is 1. The van der Waals surface area contributed by atoms with Gasteiger partial charge < -0.3 is 9.39 Å². The van der Waals surface area contributed by atoms with Gasteiger partial charge in [-0.1, -0.05) is 6.92 Å². The Bertz CT molecular complexity index is 159. The van der Waals surface area contributed by atoms with Gasteiger partial charge in [-0.05, 0) is 19.3 Å². The molecule has 2 unspecified atom stereocenters. The average molecular weight is 152 g/mol. The molecule has 11 heavy (non-hydrogen) atoms. The lowest BCUT2D eigenvalue weighted by Crippen LogP contribution is -2.40. The summed E-state index contributed by atoms with van der Waals surface area (Å²) in [7, 11) is 5.27. The smallest absolute Gasteiger partial charge is 0.286 e. The highest BCUT2D eigenvalue weighted by Crippen LogP contribution is 2.55. The minimum atomic E-state index is -0.437. The molecule has 2 aliphatic rings. The largest absolute Gasteiger partial charge is 0.422 e. The molecule has 2 rings (SSSR count). The van der Waals surface area contributed by atoms with E-state index in [1.54, 1.807) is 0 Å². The van der Waals surface area contributed by atoms with Gasteiger partial charge in [0.05, 0.1) is 6.61 Å². The van der Waals surface area contributed by atoms with Crippen molar-refractivity contribution in [3.63, 3.8) is 0 Å². The fourth-order valence-electron chi connectivity index (χ4n) is 2.44. The van der Waals surface area contributed by atoms with Gasteiger partial charge in [-0.2, -0.15) is 0 Å². The maximum atomic E-state index is 5.57. The molecule has 1 aliphatic heterocycles. The zero-order valence-electron chi connectivity index (χ0n) is 6.93. The Morgan fingerprint density at radius 3 is 2.82 bits per heavy atom. The SMILES string of the molecule is [B]OC12CCCC1(C)CCO2. The Labute approximate surface area is 68.7 Å². The normalized spacial score (nSPS) is 49.5. The molecule has 60 valence electrons. The van der Waals surface area contributed by atoms with Crippen molar-refractivity contribution in [3.05, 3.63) is 0 Å². The van der Waals surface area contributed by atoms with E-state index in [1.165, 1.54) is 12.8 Å². The molecular formula is C8H13BO2. The van der Waals surface area contributed by atoms with Gasteiger partial charge in [0.1, 0.15) is 0 Å². The second-order valence-corrected chi connectivity index (χ2v) is 3.88. The standard InChI is InChI=1S/C8H13BO2/c1-7-3-2-4-8(7,11-9)10-6-5-7/h2-6H2,1H3. The predicted octanol–water partition coefficient (Wildman–Crippen LogP) is 1.39. The molecule has 0 bridgehead atoms.